The molecule has 5 heteroatoms. The first-order valence-electron chi connectivity index (χ1n) is 16.7. The van der Waals surface area contributed by atoms with Crippen LogP contribution in [-0.4, -0.2) is 25.1 Å². The smallest absolute Gasteiger partial charge is 0.0656 e. The molecule has 0 aliphatic heterocycles. The van der Waals surface area contributed by atoms with E-state index in [1.54, 1.807) is 31.0 Å². The Morgan fingerprint density at radius 1 is 0.409 bits per heavy atom. The van der Waals surface area contributed by atoms with Gasteiger partial charge in [0.25, 0.3) is 0 Å². The number of hydrogen-bond donors (Lipinski definition) is 0. The van der Waals surface area contributed by atoms with Crippen molar-refractivity contribution in [3.8, 4) is 0 Å². The maximum Gasteiger partial charge on any atom is 0.0656 e. The lowest BCUT2D eigenvalue weighted by molar-refractivity contribution is 0.785. The predicted molar refractivity (Wildman–Crippen MR) is 196 cm³/mol. The molecule has 0 spiro atoms. The Morgan fingerprint density at radius 3 is 1.16 bits per heavy atom. The summed E-state index contributed by atoms with van der Waals surface area (Å²) in [5, 5.41) is 7.68. The molecule has 0 amide bonds. The van der Waals surface area contributed by atoms with Crippen LogP contribution in [0.15, 0.2) is 91.8 Å². The topological polar surface area (TPSA) is 64.5 Å². The lowest BCUT2D eigenvalue weighted by Gasteiger charge is -2.01. The van der Waals surface area contributed by atoms with Crippen LogP contribution in [0.1, 0.15) is 157 Å². The fourth-order valence-electron chi connectivity index (χ4n) is 2.79. The van der Waals surface area contributed by atoms with Gasteiger partial charge in [0.05, 0.1) is 11.4 Å². The molecule has 248 valence electrons. The van der Waals surface area contributed by atoms with Crippen LogP contribution in [-0.2, 0) is 0 Å². The minimum absolute atomic E-state index is 0.485. The van der Waals surface area contributed by atoms with Crippen LogP contribution in [0.4, 0.5) is 0 Å². The van der Waals surface area contributed by atoms with Crippen molar-refractivity contribution in [2.45, 2.75) is 134 Å². The highest BCUT2D eigenvalue weighted by Gasteiger charge is 1.97. The largest absolute Gasteiger partial charge is 0.264 e. The van der Waals surface area contributed by atoms with Gasteiger partial charge in [-0.3, -0.25) is 15.0 Å². The summed E-state index contributed by atoms with van der Waals surface area (Å²) in [6.45, 7) is 33.1. The molecule has 0 saturated carbocycles. The Bertz CT molecular complexity index is 847. The van der Waals surface area contributed by atoms with Gasteiger partial charge in [0, 0.05) is 37.2 Å². The van der Waals surface area contributed by atoms with Crippen molar-refractivity contribution in [1.29, 1.82) is 0 Å². The van der Waals surface area contributed by atoms with E-state index in [1.807, 2.05) is 85.9 Å². The Morgan fingerprint density at radius 2 is 0.886 bits per heavy atom. The third-order valence-electron chi connectivity index (χ3n) is 5.18. The molecule has 44 heavy (non-hydrogen) atoms. The third-order valence-corrected chi connectivity index (χ3v) is 5.18. The molecule has 4 rings (SSSR count). The highest BCUT2D eigenvalue weighted by molar-refractivity contribution is 5.17. The highest BCUT2D eigenvalue weighted by Crippen LogP contribution is 2.12. The van der Waals surface area contributed by atoms with E-state index in [-0.39, 0.29) is 0 Å². The zero-order valence-electron chi connectivity index (χ0n) is 31.2. The van der Waals surface area contributed by atoms with Crippen LogP contribution in [0, 0.1) is 0 Å². The molecular weight excluding hydrogens is 538 g/mol. The second kappa shape index (κ2) is 35.7. The zero-order valence-corrected chi connectivity index (χ0v) is 31.2. The second-order valence-corrected chi connectivity index (χ2v) is 9.59. The SMILES string of the molecule is CC.CC.CC.CC.CC(C)c1ccccc1.CC(C)c1cccnc1.CC(C)c1cccnn1.CC(C)c1cnccn1. The molecule has 0 aliphatic carbocycles. The van der Waals surface area contributed by atoms with Crippen molar-refractivity contribution in [2.24, 2.45) is 0 Å². The first-order chi connectivity index (χ1) is 21.2. The first kappa shape index (κ1) is 47.5. The number of benzene rings is 1. The van der Waals surface area contributed by atoms with Gasteiger partial charge in [-0.25, -0.2) is 0 Å². The lowest BCUT2D eigenvalue weighted by Crippen LogP contribution is -1.92. The number of nitrogens with zero attached hydrogens (tertiary/aromatic N) is 5. The van der Waals surface area contributed by atoms with Gasteiger partial charge in [0.1, 0.15) is 0 Å². The summed E-state index contributed by atoms with van der Waals surface area (Å²) in [5.41, 5.74) is 4.82. The van der Waals surface area contributed by atoms with Gasteiger partial charge in [-0.15, -0.1) is 0 Å². The maximum absolute atomic E-state index is 4.12. The minimum Gasteiger partial charge on any atom is -0.264 e. The number of pyridine rings is 1. The summed E-state index contributed by atoms with van der Waals surface area (Å²) >= 11 is 0. The maximum atomic E-state index is 4.12. The normalized spacial score (nSPS) is 8.82. The summed E-state index contributed by atoms with van der Waals surface area (Å²) in [4.78, 5) is 12.1. The van der Waals surface area contributed by atoms with E-state index in [1.165, 1.54) is 11.1 Å². The van der Waals surface area contributed by atoms with E-state index in [2.05, 4.69) is 111 Å². The van der Waals surface area contributed by atoms with E-state index in [4.69, 9.17) is 0 Å². The van der Waals surface area contributed by atoms with Crippen molar-refractivity contribution in [3.05, 3.63) is 114 Å². The summed E-state index contributed by atoms with van der Waals surface area (Å²) < 4.78 is 0. The summed E-state index contributed by atoms with van der Waals surface area (Å²) in [6.07, 6.45) is 10.6. The Balaban J connectivity index is -0.000000225. The van der Waals surface area contributed by atoms with E-state index in [0.29, 0.717) is 23.7 Å². The molecule has 0 radical (unpaired) electrons. The average Bonchev–Trinajstić information content (AvgIpc) is 3.11. The van der Waals surface area contributed by atoms with Crippen LogP contribution in [0.2, 0.25) is 0 Å². The molecule has 3 heterocycles. The van der Waals surface area contributed by atoms with Crippen molar-refractivity contribution >= 4 is 0 Å². The number of rotatable bonds is 4. The molecule has 0 N–H and O–H groups in total. The Hall–Kier alpha value is -3.47. The standard InChI is InChI=1S/C9H12.C8H11N.2C7H10N2.4C2H6/c1-8(2)9-6-4-3-5-7-9;1-7(2)8-4-3-5-9-6-8;1-6(2)7-5-8-3-4-9-7;1-6(2)7-4-3-5-8-9-7;4*1-2/h3-8H,1-2H3;3-7H,1-2H3;2*3-6H,1-2H3;4*1-2H3. The van der Waals surface area contributed by atoms with Crippen molar-refractivity contribution in [3.63, 3.8) is 0 Å². The van der Waals surface area contributed by atoms with Gasteiger partial charge in [-0.1, -0.05) is 147 Å². The van der Waals surface area contributed by atoms with Crippen LogP contribution >= 0.6 is 0 Å². The molecule has 5 nitrogen and oxygen atoms in total. The van der Waals surface area contributed by atoms with Crippen LogP contribution in [0.3, 0.4) is 0 Å². The monoisotopic (exact) mass is 606 g/mol. The van der Waals surface area contributed by atoms with Gasteiger partial charge in [-0.2, -0.15) is 10.2 Å². The number of aromatic nitrogens is 5. The van der Waals surface area contributed by atoms with Crippen LogP contribution in [0.5, 0.6) is 0 Å². The summed E-state index contributed by atoms with van der Waals surface area (Å²) in [5.74, 6) is 2.22. The molecule has 0 unspecified atom stereocenters. The van der Waals surface area contributed by atoms with E-state index in [0.717, 1.165) is 11.4 Å². The highest BCUT2D eigenvalue weighted by atomic mass is 15.1. The fraction of sp³-hybridized carbons (Fsp3) is 0.513. The summed E-state index contributed by atoms with van der Waals surface area (Å²) in [7, 11) is 0. The lowest BCUT2D eigenvalue weighted by atomic mass is 10.0. The molecule has 0 aliphatic rings. The Kier molecular flexibility index (Phi) is 38.5. The molecule has 0 saturated heterocycles. The molecule has 0 atom stereocenters. The molecular formula is C39H67N5. The minimum atomic E-state index is 0.485. The third kappa shape index (κ3) is 27.4. The van der Waals surface area contributed by atoms with Crippen molar-refractivity contribution in [1.82, 2.24) is 25.1 Å². The van der Waals surface area contributed by atoms with E-state index >= 15 is 0 Å². The quantitative estimate of drug-likeness (QED) is 0.231. The molecule has 0 fully saturated rings. The van der Waals surface area contributed by atoms with Crippen molar-refractivity contribution < 1.29 is 0 Å². The van der Waals surface area contributed by atoms with Crippen molar-refractivity contribution in [2.75, 3.05) is 0 Å². The zero-order chi connectivity index (χ0) is 34.8. The molecule has 1 aromatic carbocycles. The van der Waals surface area contributed by atoms with Gasteiger partial charge in [0.2, 0.25) is 0 Å². The van der Waals surface area contributed by atoms with Gasteiger partial charge in [0.15, 0.2) is 0 Å². The first-order valence-corrected chi connectivity index (χ1v) is 16.7. The average molecular weight is 606 g/mol. The number of hydrogen-bond acceptors (Lipinski definition) is 5. The summed E-state index contributed by atoms with van der Waals surface area (Å²) in [6, 6.07) is 18.5. The van der Waals surface area contributed by atoms with Gasteiger partial charge >= 0.3 is 0 Å². The van der Waals surface area contributed by atoms with E-state index < -0.39 is 0 Å². The second-order valence-electron chi connectivity index (χ2n) is 9.59. The van der Waals surface area contributed by atoms with Gasteiger partial charge < -0.3 is 0 Å². The van der Waals surface area contributed by atoms with E-state index in [9.17, 15) is 0 Å². The molecule has 4 aromatic rings. The van der Waals surface area contributed by atoms with Gasteiger partial charge in [-0.05, 0) is 53.0 Å². The van der Waals surface area contributed by atoms with Crippen LogP contribution in [0.25, 0.3) is 0 Å². The Labute approximate surface area is 273 Å². The molecule has 0 bridgehead atoms. The fourth-order valence-corrected chi connectivity index (χ4v) is 2.79. The predicted octanol–water partition coefficient (Wildman–Crippen LogP) is 12.3. The van der Waals surface area contributed by atoms with Crippen LogP contribution < -0.4 is 0 Å². The molecule has 3 aromatic heterocycles.